The summed E-state index contributed by atoms with van der Waals surface area (Å²) in [7, 11) is -4.23. The molecule has 0 fully saturated rings. The highest BCUT2D eigenvalue weighted by molar-refractivity contribution is 7.92. The Hall–Kier alpha value is -3.56. The minimum absolute atomic E-state index is 0.0332. The summed E-state index contributed by atoms with van der Waals surface area (Å²) in [4.78, 5) is 29.6. The molecule has 0 heterocycles. The quantitative estimate of drug-likeness (QED) is 0.160. The fourth-order valence-electron chi connectivity index (χ4n) is 4.73. The van der Waals surface area contributed by atoms with Crippen molar-refractivity contribution < 1.29 is 18.0 Å². The molecule has 0 radical (unpaired) electrons. The molecule has 4 aromatic rings. The molecular weight excluding hydrogens is 653 g/mol. The molecule has 1 unspecified atom stereocenters. The van der Waals surface area contributed by atoms with E-state index in [0.717, 1.165) is 15.4 Å². The highest BCUT2D eigenvalue weighted by atomic mass is 35.5. The van der Waals surface area contributed by atoms with Gasteiger partial charge in [-0.3, -0.25) is 13.9 Å². The molecule has 1 N–H and O–H groups in total. The van der Waals surface area contributed by atoms with Crippen molar-refractivity contribution in [2.45, 2.75) is 44.2 Å². The lowest BCUT2D eigenvalue weighted by atomic mass is 10.0. The molecule has 0 saturated heterocycles. The van der Waals surface area contributed by atoms with Crippen LogP contribution in [0.1, 0.15) is 30.0 Å². The smallest absolute Gasteiger partial charge is 0.264 e. The van der Waals surface area contributed by atoms with E-state index in [1.54, 1.807) is 42.5 Å². The van der Waals surface area contributed by atoms with Crippen LogP contribution in [0.25, 0.3) is 0 Å². The number of carbonyl (C=O) groups excluding carboxylic acids is 2. The molecule has 4 rings (SSSR count). The van der Waals surface area contributed by atoms with Crippen LogP contribution in [-0.4, -0.2) is 44.3 Å². The van der Waals surface area contributed by atoms with E-state index >= 15 is 0 Å². The van der Waals surface area contributed by atoms with Crippen LogP contribution >= 0.6 is 34.8 Å². The Morgan fingerprint density at radius 3 is 2.11 bits per heavy atom. The third-order valence-electron chi connectivity index (χ3n) is 7.18. The van der Waals surface area contributed by atoms with Crippen LogP contribution in [0.4, 0.5) is 5.69 Å². The SMILES string of the molecule is CCCNC(=O)C(Cc1ccccc1)N(Cc1ccc(Cl)cc1Cl)C(=O)CN(c1ccc(C)cc1)S(=O)(=O)c1ccc(Cl)cc1. The maximum Gasteiger partial charge on any atom is 0.264 e. The van der Waals surface area contributed by atoms with Crippen molar-refractivity contribution in [2.75, 3.05) is 17.4 Å². The van der Waals surface area contributed by atoms with Gasteiger partial charge in [0.1, 0.15) is 12.6 Å². The number of nitrogens with zero attached hydrogens (tertiary/aromatic N) is 2. The lowest BCUT2D eigenvalue weighted by molar-refractivity contribution is -0.140. The molecular formula is C34H34Cl3N3O4S. The molecule has 0 bridgehead atoms. The van der Waals surface area contributed by atoms with Crippen LogP contribution in [0, 0.1) is 6.92 Å². The largest absolute Gasteiger partial charge is 0.354 e. The van der Waals surface area contributed by atoms with Gasteiger partial charge in [-0.2, -0.15) is 0 Å². The standard InChI is InChI=1S/C34H34Cl3N3O4S/c1-3-19-38-34(42)32(20-25-7-5-4-6-8-25)39(22-26-11-12-28(36)21-31(26)37)33(41)23-40(29-15-9-24(2)10-16-29)45(43,44)30-17-13-27(35)14-18-30/h4-18,21,32H,3,19-20,22-23H2,1-2H3,(H,38,42). The Bertz CT molecular complexity index is 1720. The molecule has 7 nitrogen and oxygen atoms in total. The summed E-state index contributed by atoms with van der Waals surface area (Å²) in [5.41, 5.74) is 2.60. The number of nitrogens with one attached hydrogen (secondary N) is 1. The molecule has 45 heavy (non-hydrogen) atoms. The first-order valence-corrected chi connectivity index (χ1v) is 17.0. The third kappa shape index (κ3) is 9.01. The monoisotopic (exact) mass is 685 g/mol. The van der Waals surface area contributed by atoms with Crippen LogP contribution in [-0.2, 0) is 32.6 Å². The van der Waals surface area contributed by atoms with Gasteiger partial charge in [0.05, 0.1) is 10.6 Å². The van der Waals surface area contributed by atoms with Crippen LogP contribution in [0.2, 0.25) is 15.1 Å². The van der Waals surface area contributed by atoms with Crippen molar-refractivity contribution in [3.05, 3.63) is 129 Å². The minimum atomic E-state index is -4.23. The van der Waals surface area contributed by atoms with E-state index in [2.05, 4.69) is 5.32 Å². The van der Waals surface area contributed by atoms with Crippen LogP contribution in [0.15, 0.2) is 102 Å². The molecule has 0 aliphatic rings. The summed E-state index contributed by atoms with van der Waals surface area (Å²) < 4.78 is 29.2. The number of hydrogen-bond donors (Lipinski definition) is 1. The molecule has 0 saturated carbocycles. The van der Waals surface area contributed by atoms with Crippen molar-refractivity contribution in [1.29, 1.82) is 0 Å². The number of benzene rings is 4. The maximum atomic E-state index is 14.5. The van der Waals surface area contributed by atoms with Crippen LogP contribution < -0.4 is 9.62 Å². The molecule has 11 heteroatoms. The summed E-state index contributed by atoms with van der Waals surface area (Å²) in [5, 5.41) is 4.03. The highest BCUT2D eigenvalue weighted by Gasteiger charge is 2.35. The number of sulfonamides is 1. The topological polar surface area (TPSA) is 86.8 Å². The zero-order chi connectivity index (χ0) is 32.6. The Labute approximate surface area is 279 Å². The second kappa shape index (κ2) is 15.6. The highest BCUT2D eigenvalue weighted by Crippen LogP contribution is 2.28. The average Bonchev–Trinajstić information content (AvgIpc) is 3.02. The summed E-state index contributed by atoms with van der Waals surface area (Å²) in [6, 6.07) is 25.8. The summed E-state index contributed by atoms with van der Waals surface area (Å²) in [6.07, 6.45) is 0.892. The summed E-state index contributed by atoms with van der Waals surface area (Å²) in [6.45, 7) is 3.59. The first-order valence-electron chi connectivity index (χ1n) is 14.4. The molecule has 0 aromatic heterocycles. The van der Waals surface area contributed by atoms with Crippen molar-refractivity contribution in [1.82, 2.24) is 10.2 Å². The summed E-state index contributed by atoms with van der Waals surface area (Å²) >= 11 is 18.7. The number of hydrogen-bond acceptors (Lipinski definition) is 4. The molecule has 0 aliphatic carbocycles. The molecule has 0 aliphatic heterocycles. The Kier molecular flexibility index (Phi) is 11.9. The number of halogens is 3. The molecule has 1 atom stereocenters. The number of amides is 2. The van der Waals surface area contributed by atoms with Gasteiger partial charge in [0.15, 0.2) is 0 Å². The van der Waals surface area contributed by atoms with Gasteiger partial charge in [0, 0.05) is 34.6 Å². The lowest BCUT2D eigenvalue weighted by Crippen LogP contribution is -2.53. The molecule has 0 spiro atoms. The zero-order valence-corrected chi connectivity index (χ0v) is 28.0. The van der Waals surface area contributed by atoms with Gasteiger partial charge < -0.3 is 10.2 Å². The third-order valence-corrected chi connectivity index (χ3v) is 9.81. The predicted octanol–water partition coefficient (Wildman–Crippen LogP) is 7.32. The predicted molar refractivity (Wildman–Crippen MR) is 181 cm³/mol. The van der Waals surface area contributed by atoms with Gasteiger partial charge in [0.2, 0.25) is 11.8 Å². The van der Waals surface area contributed by atoms with E-state index < -0.39 is 28.5 Å². The Morgan fingerprint density at radius 2 is 1.49 bits per heavy atom. The van der Waals surface area contributed by atoms with Crippen molar-refractivity contribution >= 4 is 62.3 Å². The van der Waals surface area contributed by atoms with Gasteiger partial charge in [0.25, 0.3) is 10.0 Å². The van der Waals surface area contributed by atoms with Crippen molar-refractivity contribution in [3.63, 3.8) is 0 Å². The molecule has 4 aromatic carbocycles. The van der Waals surface area contributed by atoms with Gasteiger partial charge in [-0.1, -0.05) is 95.8 Å². The van der Waals surface area contributed by atoms with E-state index in [0.29, 0.717) is 39.3 Å². The number of anilines is 1. The van der Waals surface area contributed by atoms with E-state index in [-0.39, 0.29) is 23.8 Å². The second-order valence-electron chi connectivity index (χ2n) is 10.6. The van der Waals surface area contributed by atoms with Crippen LogP contribution in [0.3, 0.4) is 0 Å². The maximum absolute atomic E-state index is 14.5. The fourth-order valence-corrected chi connectivity index (χ4v) is 6.74. The first kappa shape index (κ1) is 34.3. The molecule has 2 amide bonds. The fraction of sp³-hybridized carbons (Fsp3) is 0.235. The number of rotatable bonds is 13. The van der Waals surface area contributed by atoms with E-state index in [1.807, 2.05) is 44.2 Å². The Morgan fingerprint density at radius 1 is 0.844 bits per heavy atom. The van der Waals surface area contributed by atoms with Crippen molar-refractivity contribution in [3.8, 4) is 0 Å². The summed E-state index contributed by atoms with van der Waals surface area (Å²) in [5.74, 6) is -0.951. The van der Waals surface area contributed by atoms with E-state index in [4.69, 9.17) is 34.8 Å². The number of aryl methyl sites for hydroxylation is 1. The lowest BCUT2D eigenvalue weighted by Gasteiger charge is -2.34. The van der Waals surface area contributed by atoms with Gasteiger partial charge in [-0.25, -0.2) is 8.42 Å². The first-order chi connectivity index (χ1) is 21.5. The molecule has 236 valence electrons. The van der Waals surface area contributed by atoms with Gasteiger partial charge in [-0.05, 0) is 73.0 Å². The van der Waals surface area contributed by atoms with E-state index in [1.165, 1.54) is 29.2 Å². The average molecular weight is 687 g/mol. The minimum Gasteiger partial charge on any atom is -0.354 e. The number of carbonyl (C=O) groups is 2. The van der Waals surface area contributed by atoms with E-state index in [9.17, 15) is 18.0 Å². The second-order valence-corrected chi connectivity index (χ2v) is 13.7. The van der Waals surface area contributed by atoms with Crippen molar-refractivity contribution in [2.24, 2.45) is 0 Å². The normalized spacial score (nSPS) is 11.9. The Balaban J connectivity index is 1.81. The van der Waals surface area contributed by atoms with Crippen LogP contribution in [0.5, 0.6) is 0 Å². The van der Waals surface area contributed by atoms with Gasteiger partial charge in [-0.15, -0.1) is 0 Å². The zero-order valence-electron chi connectivity index (χ0n) is 24.9. The van der Waals surface area contributed by atoms with Gasteiger partial charge >= 0.3 is 0 Å².